The summed E-state index contributed by atoms with van der Waals surface area (Å²) in [6, 6.07) is 7.89. The van der Waals surface area contributed by atoms with Gasteiger partial charge in [0.1, 0.15) is 0 Å². The highest BCUT2D eigenvalue weighted by Gasteiger charge is 2.42. The number of halogens is 2. The van der Waals surface area contributed by atoms with Crippen molar-refractivity contribution in [3.05, 3.63) is 58.1 Å². The van der Waals surface area contributed by atoms with E-state index in [4.69, 9.17) is 17.3 Å². The van der Waals surface area contributed by atoms with Gasteiger partial charge in [0, 0.05) is 29.7 Å². The van der Waals surface area contributed by atoms with Gasteiger partial charge in [-0.1, -0.05) is 23.7 Å². The summed E-state index contributed by atoms with van der Waals surface area (Å²) in [7, 11) is -4.10. The molecule has 2 amide bonds. The number of sulfonamides is 1. The van der Waals surface area contributed by atoms with Crippen LogP contribution in [0.3, 0.4) is 0 Å². The van der Waals surface area contributed by atoms with Gasteiger partial charge in [-0.05, 0) is 62.6 Å². The molecular weight excluding hydrogens is 495 g/mol. The van der Waals surface area contributed by atoms with Crippen molar-refractivity contribution >= 4 is 39.1 Å². The van der Waals surface area contributed by atoms with E-state index in [1.807, 2.05) is 13.8 Å². The number of alkyl halides is 1. The Morgan fingerprint density at radius 1 is 1.23 bits per heavy atom. The van der Waals surface area contributed by atoms with Crippen molar-refractivity contribution in [1.29, 1.82) is 0 Å². The quantitative estimate of drug-likeness (QED) is 0.520. The molecule has 1 saturated heterocycles. The van der Waals surface area contributed by atoms with Gasteiger partial charge in [-0.3, -0.25) is 9.59 Å². The molecule has 0 bridgehead atoms. The van der Waals surface area contributed by atoms with Crippen LogP contribution < -0.4 is 16.4 Å². The van der Waals surface area contributed by atoms with Crippen LogP contribution in [0.2, 0.25) is 5.02 Å². The fraction of sp³-hybridized carbons (Fsp3) is 0.417. The number of benzene rings is 2. The number of anilines is 1. The monoisotopic (exact) mass is 522 g/mol. The Balaban J connectivity index is 1.48. The van der Waals surface area contributed by atoms with Gasteiger partial charge in [0.05, 0.1) is 21.9 Å². The molecule has 8 nitrogen and oxygen atoms in total. The van der Waals surface area contributed by atoms with Crippen LogP contribution in [0.1, 0.15) is 55.1 Å². The number of amides is 2. The van der Waals surface area contributed by atoms with Crippen molar-refractivity contribution in [2.45, 2.75) is 68.8 Å². The summed E-state index contributed by atoms with van der Waals surface area (Å²) in [4.78, 5) is 24.5. The average molecular weight is 523 g/mol. The molecule has 2 aliphatic heterocycles. The maximum Gasteiger partial charge on any atom is 0.253 e. The minimum Gasteiger partial charge on any atom is -0.349 e. The van der Waals surface area contributed by atoms with E-state index in [0.717, 1.165) is 9.87 Å². The van der Waals surface area contributed by atoms with E-state index in [0.29, 0.717) is 11.3 Å². The van der Waals surface area contributed by atoms with Crippen molar-refractivity contribution in [2.75, 3.05) is 5.32 Å². The first-order chi connectivity index (χ1) is 16.3. The van der Waals surface area contributed by atoms with E-state index in [1.165, 1.54) is 18.2 Å². The predicted octanol–water partition coefficient (Wildman–Crippen LogP) is 3.30. The molecule has 0 aliphatic carbocycles. The number of nitrogens with two attached hydrogens (primary N) is 1. The summed E-state index contributed by atoms with van der Waals surface area (Å²) in [6.45, 7) is 5.22. The molecule has 11 heteroatoms. The minimum atomic E-state index is -4.10. The van der Waals surface area contributed by atoms with E-state index in [1.54, 1.807) is 25.1 Å². The average Bonchev–Trinajstić information content (AvgIpc) is 3.10. The number of carbonyl (C=O) groups is 2. The van der Waals surface area contributed by atoms with Gasteiger partial charge >= 0.3 is 0 Å². The van der Waals surface area contributed by atoms with E-state index in [9.17, 15) is 18.0 Å². The van der Waals surface area contributed by atoms with Crippen LogP contribution in [0.25, 0.3) is 0 Å². The third-order valence-corrected chi connectivity index (χ3v) is 8.71. The maximum atomic E-state index is 15.3. The summed E-state index contributed by atoms with van der Waals surface area (Å²) < 4.78 is 42.5. The number of hydrogen-bond acceptors (Lipinski definition) is 5. The van der Waals surface area contributed by atoms with Crippen molar-refractivity contribution in [3.8, 4) is 0 Å². The van der Waals surface area contributed by atoms with Crippen molar-refractivity contribution in [2.24, 2.45) is 5.73 Å². The molecule has 188 valence electrons. The molecule has 2 aromatic rings. The summed E-state index contributed by atoms with van der Waals surface area (Å²) in [5, 5.41) is 5.60. The molecule has 2 aromatic carbocycles. The maximum absolute atomic E-state index is 15.3. The highest BCUT2D eigenvalue weighted by atomic mass is 35.5. The number of hydrogen-bond donors (Lipinski definition) is 3. The number of nitrogens with zero attached hydrogens (tertiary/aromatic N) is 1. The second-order valence-electron chi connectivity index (χ2n) is 9.72. The standard InChI is InChI=1S/C24H28ClFN4O4S/c1-13-8-16(28-23(32)18-9-14-10-22(31)29-20(14)12-19(18)25)11-21(26)30(13)35(33,34)17-6-4-15(5-7-17)24(2,3)27/h4-7,9,12-13,16,21H,8,10-11,27H2,1-3H3,(H,28,32)(H,29,31)/t13-,16+,21-/m0/s1. The zero-order valence-electron chi connectivity index (χ0n) is 19.6. The van der Waals surface area contributed by atoms with Crippen LogP contribution in [0, 0.1) is 0 Å². The third kappa shape index (κ3) is 5.06. The molecule has 0 radical (unpaired) electrons. The van der Waals surface area contributed by atoms with Gasteiger partial charge in [0.25, 0.3) is 5.91 Å². The van der Waals surface area contributed by atoms with Crippen LogP contribution in [-0.4, -0.2) is 42.9 Å². The SMILES string of the molecule is C[C@H]1C[C@@H](NC(=O)c2cc3c(cc2Cl)NC(=O)C3)C[C@@H](F)N1S(=O)(=O)c1ccc(C(C)(C)N)cc1. The van der Waals surface area contributed by atoms with Gasteiger partial charge < -0.3 is 16.4 Å². The van der Waals surface area contributed by atoms with Crippen LogP contribution >= 0.6 is 11.6 Å². The topological polar surface area (TPSA) is 122 Å². The molecule has 2 heterocycles. The predicted molar refractivity (Wildman–Crippen MR) is 131 cm³/mol. The van der Waals surface area contributed by atoms with Crippen LogP contribution in [0.4, 0.5) is 10.1 Å². The lowest BCUT2D eigenvalue weighted by Crippen LogP contribution is -2.54. The fourth-order valence-electron chi connectivity index (χ4n) is 4.60. The van der Waals surface area contributed by atoms with Crippen molar-refractivity contribution < 1.29 is 22.4 Å². The Morgan fingerprint density at radius 3 is 2.49 bits per heavy atom. The smallest absolute Gasteiger partial charge is 0.253 e. The Kier molecular flexibility index (Phi) is 6.69. The zero-order valence-corrected chi connectivity index (χ0v) is 21.2. The summed E-state index contributed by atoms with van der Waals surface area (Å²) in [5.74, 6) is -0.685. The van der Waals surface area contributed by atoms with Gasteiger partial charge in [0.15, 0.2) is 6.30 Å². The molecule has 4 N–H and O–H groups in total. The molecule has 3 atom stereocenters. The number of piperidine rings is 1. The van der Waals surface area contributed by atoms with E-state index in [-0.39, 0.29) is 40.7 Å². The Morgan fingerprint density at radius 2 is 1.89 bits per heavy atom. The highest BCUT2D eigenvalue weighted by Crippen LogP contribution is 2.33. The highest BCUT2D eigenvalue weighted by molar-refractivity contribution is 7.89. The zero-order chi connectivity index (χ0) is 25.7. The van der Waals surface area contributed by atoms with Crippen molar-refractivity contribution in [3.63, 3.8) is 0 Å². The molecule has 0 spiro atoms. The normalized spacial score (nSPS) is 23.0. The van der Waals surface area contributed by atoms with Crippen LogP contribution in [0.5, 0.6) is 0 Å². The van der Waals surface area contributed by atoms with E-state index < -0.39 is 39.8 Å². The molecule has 0 aromatic heterocycles. The molecular formula is C24H28ClFN4O4S. The lowest BCUT2D eigenvalue weighted by Gasteiger charge is -2.39. The van der Waals surface area contributed by atoms with E-state index in [2.05, 4.69) is 10.6 Å². The number of fused-ring (bicyclic) bond motifs is 1. The van der Waals surface area contributed by atoms with E-state index >= 15 is 4.39 Å². The Hall–Kier alpha value is -2.53. The van der Waals surface area contributed by atoms with Crippen molar-refractivity contribution in [1.82, 2.24) is 9.62 Å². The fourth-order valence-corrected chi connectivity index (χ4v) is 6.52. The number of carbonyl (C=O) groups excluding carboxylic acids is 2. The van der Waals surface area contributed by atoms with Gasteiger partial charge in [0.2, 0.25) is 15.9 Å². The summed E-state index contributed by atoms with van der Waals surface area (Å²) >= 11 is 6.23. The minimum absolute atomic E-state index is 0.0180. The first kappa shape index (κ1) is 25.6. The lowest BCUT2D eigenvalue weighted by molar-refractivity contribution is -0.115. The lowest BCUT2D eigenvalue weighted by atomic mass is 9.96. The first-order valence-electron chi connectivity index (χ1n) is 11.3. The molecule has 35 heavy (non-hydrogen) atoms. The largest absolute Gasteiger partial charge is 0.349 e. The first-order valence-corrected chi connectivity index (χ1v) is 13.1. The molecule has 0 unspecified atom stereocenters. The second kappa shape index (κ2) is 9.16. The summed E-state index contributed by atoms with van der Waals surface area (Å²) in [6.07, 6.45) is -1.65. The van der Waals surface area contributed by atoms with Gasteiger partial charge in [-0.25, -0.2) is 12.8 Å². The van der Waals surface area contributed by atoms with Crippen LogP contribution in [-0.2, 0) is 26.8 Å². The second-order valence-corrected chi connectivity index (χ2v) is 12.0. The van der Waals surface area contributed by atoms with Gasteiger partial charge in [-0.15, -0.1) is 0 Å². The Labute approximate surface area is 209 Å². The number of nitrogens with one attached hydrogen (secondary N) is 2. The molecule has 1 fully saturated rings. The number of rotatable bonds is 5. The Bertz CT molecular complexity index is 1270. The summed E-state index contributed by atoms with van der Waals surface area (Å²) in [5.41, 5.74) is 7.59. The van der Waals surface area contributed by atoms with Crippen LogP contribution in [0.15, 0.2) is 41.3 Å². The van der Waals surface area contributed by atoms with Gasteiger partial charge in [-0.2, -0.15) is 4.31 Å². The molecule has 0 saturated carbocycles. The molecule has 4 rings (SSSR count). The third-order valence-electron chi connectivity index (χ3n) is 6.39. The molecule has 2 aliphatic rings.